The van der Waals surface area contributed by atoms with Crippen LogP contribution < -0.4 is 20.1 Å². The Labute approximate surface area is 152 Å². The molecule has 2 aromatic rings. The molecule has 0 radical (unpaired) electrons. The summed E-state index contributed by atoms with van der Waals surface area (Å²) in [6, 6.07) is 14.3. The van der Waals surface area contributed by atoms with Gasteiger partial charge < -0.3 is 20.1 Å². The highest BCUT2D eigenvalue weighted by Crippen LogP contribution is 2.23. The summed E-state index contributed by atoms with van der Waals surface area (Å²) in [5.41, 5.74) is 1.37. The maximum Gasteiger partial charge on any atom is 0.251 e. The van der Waals surface area contributed by atoms with Gasteiger partial charge in [-0.1, -0.05) is 18.2 Å². The molecule has 6 heteroatoms. The first-order valence-electron chi connectivity index (χ1n) is 8.14. The lowest BCUT2D eigenvalue weighted by Gasteiger charge is -2.06. The van der Waals surface area contributed by atoms with E-state index in [2.05, 4.69) is 10.6 Å². The van der Waals surface area contributed by atoms with Gasteiger partial charge in [0.1, 0.15) is 11.5 Å². The van der Waals surface area contributed by atoms with Gasteiger partial charge in [-0.15, -0.1) is 0 Å². The average Bonchev–Trinajstić information content (AvgIpc) is 2.69. The summed E-state index contributed by atoms with van der Waals surface area (Å²) in [5, 5.41) is 5.46. The normalized spacial score (nSPS) is 10.4. The average molecular weight is 354 g/mol. The van der Waals surface area contributed by atoms with Crippen LogP contribution in [-0.2, 0) is 4.79 Å². The van der Waals surface area contributed by atoms with Gasteiger partial charge in [-0.2, -0.15) is 0 Å². The van der Waals surface area contributed by atoms with Crippen molar-refractivity contribution >= 4 is 17.9 Å². The predicted molar refractivity (Wildman–Crippen MR) is 100 cm³/mol. The van der Waals surface area contributed by atoms with Crippen LogP contribution in [-0.4, -0.2) is 39.1 Å². The molecule has 0 unspecified atom stereocenters. The van der Waals surface area contributed by atoms with Crippen molar-refractivity contribution in [1.82, 2.24) is 10.6 Å². The number of amides is 2. The van der Waals surface area contributed by atoms with Gasteiger partial charge in [0.05, 0.1) is 14.2 Å². The Morgan fingerprint density at radius 2 is 1.54 bits per heavy atom. The highest BCUT2D eigenvalue weighted by molar-refractivity contribution is 5.94. The van der Waals surface area contributed by atoms with Crippen molar-refractivity contribution in [1.29, 1.82) is 0 Å². The third kappa shape index (κ3) is 5.98. The van der Waals surface area contributed by atoms with Crippen LogP contribution in [0.25, 0.3) is 6.08 Å². The van der Waals surface area contributed by atoms with Crippen LogP contribution in [0.15, 0.2) is 54.6 Å². The van der Waals surface area contributed by atoms with E-state index < -0.39 is 0 Å². The molecule has 0 aliphatic heterocycles. The Balaban J connectivity index is 1.78. The first kappa shape index (κ1) is 19.1. The van der Waals surface area contributed by atoms with Crippen molar-refractivity contribution in [3.8, 4) is 11.5 Å². The molecule has 2 aromatic carbocycles. The number of benzene rings is 2. The molecule has 0 aliphatic carbocycles. The number of hydrogen-bond acceptors (Lipinski definition) is 4. The lowest BCUT2D eigenvalue weighted by atomic mass is 10.2. The smallest absolute Gasteiger partial charge is 0.251 e. The molecule has 0 saturated heterocycles. The lowest BCUT2D eigenvalue weighted by Crippen LogP contribution is -2.33. The van der Waals surface area contributed by atoms with Crippen LogP contribution in [0.5, 0.6) is 11.5 Å². The number of methoxy groups -OCH3 is 2. The van der Waals surface area contributed by atoms with E-state index in [1.54, 1.807) is 62.8 Å². The van der Waals surface area contributed by atoms with Crippen molar-refractivity contribution in [2.24, 2.45) is 0 Å². The molecule has 0 bridgehead atoms. The second-order valence-electron chi connectivity index (χ2n) is 5.39. The van der Waals surface area contributed by atoms with Gasteiger partial charge in [-0.25, -0.2) is 0 Å². The summed E-state index contributed by atoms with van der Waals surface area (Å²) in [6.45, 7) is 0.684. The third-order valence-electron chi connectivity index (χ3n) is 3.55. The van der Waals surface area contributed by atoms with E-state index in [1.165, 1.54) is 6.08 Å². The van der Waals surface area contributed by atoms with Gasteiger partial charge in [0.25, 0.3) is 5.91 Å². The van der Waals surface area contributed by atoms with E-state index in [4.69, 9.17) is 9.47 Å². The largest absolute Gasteiger partial charge is 0.497 e. The molecular weight excluding hydrogens is 332 g/mol. The maximum absolute atomic E-state index is 11.9. The molecule has 6 nitrogen and oxygen atoms in total. The Bertz CT molecular complexity index is 750. The van der Waals surface area contributed by atoms with Crippen molar-refractivity contribution in [2.45, 2.75) is 0 Å². The van der Waals surface area contributed by atoms with E-state index in [0.717, 1.165) is 5.56 Å². The Hall–Kier alpha value is -3.28. The molecule has 0 saturated carbocycles. The minimum Gasteiger partial charge on any atom is -0.497 e. The Morgan fingerprint density at radius 3 is 2.15 bits per heavy atom. The predicted octanol–water partition coefficient (Wildman–Crippen LogP) is 2.26. The van der Waals surface area contributed by atoms with Gasteiger partial charge in [0.15, 0.2) is 0 Å². The standard InChI is InChI=1S/C20H22N2O4/c1-25-17-12-15(13-18(14-17)26-2)8-9-19(23)21-10-11-22-20(24)16-6-4-3-5-7-16/h3-9,12-14H,10-11H2,1-2H3,(H,21,23)(H,22,24)/b9-8+. The number of nitrogens with one attached hydrogen (secondary N) is 2. The fourth-order valence-corrected chi connectivity index (χ4v) is 2.21. The van der Waals surface area contributed by atoms with Gasteiger partial charge in [-0.3, -0.25) is 9.59 Å². The number of hydrogen-bond donors (Lipinski definition) is 2. The molecular formula is C20H22N2O4. The molecule has 2 amide bonds. The van der Waals surface area contributed by atoms with E-state index in [9.17, 15) is 9.59 Å². The van der Waals surface area contributed by atoms with E-state index in [-0.39, 0.29) is 11.8 Å². The summed E-state index contributed by atoms with van der Waals surface area (Å²) in [4.78, 5) is 23.7. The monoisotopic (exact) mass is 354 g/mol. The first-order chi connectivity index (χ1) is 12.6. The number of rotatable bonds is 8. The zero-order valence-electron chi connectivity index (χ0n) is 14.8. The molecule has 2 N–H and O–H groups in total. The molecule has 0 heterocycles. The Morgan fingerprint density at radius 1 is 0.923 bits per heavy atom. The molecule has 0 aliphatic rings. The summed E-state index contributed by atoms with van der Waals surface area (Å²) >= 11 is 0. The fourth-order valence-electron chi connectivity index (χ4n) is 2.21. The lowest BCUT2D eigenvalue weighted by molar-refractivity contribution is -0.116. The van der Waals surface area contributed by atoms with E-state index in [1.807, 2.05) is 6.07 Å². The molecule has 2 rings (SSSR count). The molecule has 26 heavy (non-hydrogen) atoms. The Kier molecular flexibility index (Phi) is 7.24. The van der Waals surface area contributed by atoms with Gasteiger partial charge in [-0.05, 0) is 35.9 Å². The minimum atomic E-state index is -0.249. The summed E-state index contributed by atoms with van der Waals surface area (Å²) in [5.74, 6) is 0.876. The summed E-state index contributed by atoms with van der Waals surface area (Å²) in [7, 11) is 3.14. The topological polar surface area (TPSA) is 76.7 Å². The quantitative estimate of drug-likeness (QED) is 0.563. The zero-order chi connectivity index (χ0) is 18.8. The van der Waals surface area contributed by atoms with Crippen LogP contribution >= 0.6 is 0 Å². The first-order valence-corrected chi connectivity index (χ1v) is 8.14. The van der Waals surface area contributed by atoms with Crippen LogP contribution in [0.4, 0.5) is 0 Å². The summed E-state index contributed by atoms with van der Waals surface area (Å²) in [6.07, 6.45) is 3.09. The van der Waals surface area contributed by atoms with Crippen LogP contribution in [0.2, 0.25) is 0 Å². The van der Waals surface area contributed by atoms with Crippen molar-refractivity contribution in [2.75, 3.05) is 27.3 Å². The number of ether oxygens (including phenoxy) is 2. The van der Waals surface area contributed by atoms with Crippen LogP contribution in [0, 0.1) is 0 Å². The van der Waals surface area contributed by atoms with Crippen molar-refractivity contribution < 1.29 is 19.1 Å². The minimum absolute atomic E-state index is 0.168. The van der Waals surface area contributed by atoms with Crippen LogP contribution in [0.1, 0.15) is 15.9 Å². The molecule has 0 atom stereocenters. The van der Waals surface area contributed by atoms with Crippen LogP contribution in [0.3, 0.4) is 0 Å². The third-order valence-corrected chi connectivity index (χ3v) is 3.55. The SMILES string of the molecule is COc1cc(/C=C/C(=O)NCCNC(=O)c2ccccc2)cc(OC)c1. The second kappa shape index (κ2) is 9.88. The van der Waals surface area contributed by atoms with E-state index >= 15 is 0 Å². The number of carbonyl (C=O) groups excluding carboxylic acids is 2. The van der Waals surface area contributed by atoms with Crippen molar-refractivity contribution in [3.63, 3.8) is 0 Å². The van der Waals surface area contributed by atoms with Gasteiger partial charge >= 0.3 is 0 Å². The highest BCUT2D eigenvalue weighted by Gasteiger charge is 2.03. The highest BCUT2D eigenvalue weighted by atomic mass is 16.5. The summed E-state index contributed by atoms with van der Waals surface area (Å²) < 4.78 is 10.4. The van der Waals surface area contributed by atoms with E-state index in [0.29, 0.717) is 30.2 Å². The maximum atomic E-state index is 11.9. The molecule has 0 aromatic heterocycles. The second-order valence-corrected chi connectivity index (χ2v) is 5.39. The van der Waals surface area contributed by atoms with Crippen molar-refractivity contribution in [3.05, 3.63) is 65.7 Å². The number of carbonyl (C=O) groups is 2. The molecule has 136 valence electrons. The fraction of sp³-hybridized carbons (Fsp3) is 0.200. The zero-order valence-corrected chi connectivity index (χ0v) is 14.8. The van der Waals surface area contributed by atoms with Gasteiger partial charge in [0, 0.05) is 30.8 Å². The molecule has 0 spiro atoms. The molecule has 0 fully saturated rings. The van der Waals surface area contributed by atoms with Gasteiger partial charge in [0.2, 0.25) is 5.91 Å².